The molecule has 26 heavy (non-hydrogen) atoms. The van der Waals surface area contributed by atoms with Crippen molar-refractivity contribution >= 4 is 34.5 Å². The number of benzene rings is 3. The summed E-state index contributed by atoms with van der Waals surface area (Å²) in [5.74, 6) is 0.400. The van der Waals surface area contributed by atoms with Crippen molar-refractivity contribution in [2.24, 2.45) is 0 Å². The zero-order chi connectivity index (χ0) is 17.9. The first-order chi connectivity index (χ1) is 12.7. The van der Waals surface area contributed by atoms with Crippen LogP contribution in [0.25, 0.3) is 22.6 Å². The highest BCUT2D eigenvalue weighted by molar-refractivity contribution is 7.98. The summed E-state index contributed by atoms with van der Waals surface area (Å²) >= 11 is 1.55. The quantitative estimate of drug-likeness (QED) is 0.490. The van der Waals surface area contributed by atoms with E-state index in [1.165, 1.54) is 0 Å². The van der Waals surface area contributed by atoms with Gasteiger partial charge in [0, 0.05) is 16.1 Å². The van der Waals surface area contributed by atoms with Gasteiger partial charge in [0.25, 0.3) is 5.91 Å². The highest BCUT2D eigenvalue weighted by Crippen LogP contribution is 2.27. The van der Waals surface area contributed by atoms with Gasteiger partial charge in [0.05, 0.1) is 5.56 Å². The molecule has 0 saturated heterocycles. The van der Waals surface area contributed by atoms with Gasteiger partial charge >= 0.3 is 0 Å². The Kier molecular flexibility index (Phi) is 4.46. The SMILES string of the molecule is CSc1ccccc1C(=O)Nc1cccc(-c2nc3ccccc3o2)c1. The van der Waals surface area contributed by atoms with Crippen LogP contribution in [0, 0.1) is 0 Å². The maximum Gasteiger partial charge on any atom is 0.256 e. The van der Waals surface area contributed by atoms with E-state index in [-0.39, 0.29) is 5.91 Å². The van der Waals surface area contributed by atoms with Crippen molar-refractivity contribution in [2.75, 3.05) is 11.6 Å². The summed E-state index contributed by atoms with van der Waals surface area (Å²) in [5, 5.41) is 2.96. The maximum absolute atomic E-state index is 12.6. The van der Waals surface area contributed by atoms with E-state index in [0.29, 0.717) is 17.1 Å². The summed E-state index contributed by atoms with van der Waals surface area (Å²) in [6.07, 6.45) is 1.96. The number of fused-ring (bicyclic) bond motifs is 1. The molecule has 1 heterocycles. The van der Waals surface area contributed by atoms with Gasteiger partial charge in [-0.15, -0.1) is 11.8 Å². The molecule has 0 aliphatic carbocycles. The second kappa shape index (κ2) is 7.06. The smallest absolute Gasteiger partial charge is 0.256 e. The van der Waals surface area contributed by atoms with Crippen LogP contribution in [0.4, 0.5) is 5.69 Å². The summed E-state index contributed by atoms with van der Waals surface area (Å²) in [5.41, 5.74) is 3.73. The van der Waals surface area contributed by atoms with Gasteiger partial charge < -0.3 is 9.73 Å². The van der Waals surface area contributed by atoms with Crippen molar-refractivity contribution in [3.05, 3.63) is 78.4 Å². The first-order valence-corrected chi connectivity index (χ1v) is 9.37. The standard InChI is InChI=1S/C21H16N2O2S/c1-26-19-12-5-2-9-16(19)20(24)22-15-8-6-7-14(13-15)21-23-17-10-3-4-11-18(17)25-21/h2-13H,1H3,(H,22,24). The van der Waals surface area contributed by atoms with Crippen LogP contribution in [0.15, 0.2) is 82.1 Å². The number of amides is 1. The highest BCUT2D eigenvalue weighted by atomic mass is 32.2. The van der Waals surface area contributed by atoms with Crippen molar-refractivity contribution in [3.8, 4) is 11.5 Å². The molecule has 0 bridgehead atoms. The molecule has 4 aromatic rings. The lowest BCUT2D eigenvalue weighted by Crippen LogP contribution is -2.12. The van der Waals surface area contributed by atoms with Gasteiger partial charge in [-0.3, -0.25) is 4.79 Å². The number of thioether (sulfide) groups is 1. The maximum atomic E-state index is 12.6. The van der Waals surface area contributed by atoms with E-state index >= 15 is 0 Å². The van der Waals surface area contributed by atoms with Crippen LogP contribution in [0.3, 0.4) is 0 Å². The Morgan fingerprint density at radius 3 is 2.65 bits per heavy atom. The fourth-order valence-electron chi connectivity index (χ4n) is 2.76. The van der Waals surface area contributed by atoms with Gasteiger partial charge in [0.1, 0.15) is 5.52 Å². The second-order valence-electron chi connectivity index (χ2n) is 5.72. The van der Waals surface area contributed by atoms with Gasteiger partial charge in [-0.05, 0) is 48.7 Å². The Morgan fingerprint density at radius 1 is 1.00 bits per heavy atom. The molecule has 0 radical (unpaired) electrons. The summed E-state index contributed by atoms with van der Waals surface area (Å²) in [6.45, 7) is 0. The summed E-state index contributed by atoms with van der Waals surface area (Å²) in [6, 6.07) is 22.7. The summed E-state index contributed by atoms with van der Waals surface area (Å²) in [7, 11) is 0. The molecular weight excluding hydrogens is 344 g/mol. The number of anilines is 1. The van der Waals surface area contributed by atoms with E-state index in [4.69, 9.17) is 4.42 Å². The van der Waals surface area contributed by atoms with Gasteiger partial charge in [0.15, 0.2) is 5.58 Å². The third-order valence-corrected chi connectivity index (χ3v) is 4.81. The number of carbonyl (C=O) groups is 1. The molecule has 5 heteroatoms. The minimum Gasteiger partial charge on any atom is -0.436 e. The molecule has 1 aromatic heterocycles. The molecular formula is C21H16N2O2S. The normalized spacial score (nSPS) is 10.8. The molecule has 0 aliphatic rings. The summed E-state index contributed by atoms with van der Waals surface area (Å²) in [4.78, 5) is 18.1. The lowest BCUT2D eigenvalue weighted by atomic mass is 10.1. The number of nitrogens with one attached hydrogen (secondary N) is 1. The fourth-order valence-corrected chi connectivity index (χ4v) is 3.35. The molecule has 0 aliphatic heterocycles. The third-order valence-electron chi connectivity index (χ3n) is 4.01. The van der Waals surface area contributed by atoms with Gasteiger partial charge in [-0.2, -0.15) is 0 Å². The Bertz CT molecular complexity index is 1060. The van der Waals surface area contributed by atoms with E-state index in [9.17, 15) is 4.79 Å². The van der Waals surface area contributed by atoms with Gasteiger partial charge in [0.2, 0.25) is 5.89 Å². The van der Waals surface area contributed by atoms with Crippen molar-refractivity contribution in [2.45, 2.75) is 4.90 Å². The molecule has 4 rings (SSSR count). The molecule has 0 spiro atoms. The van der Waals surface area contributed by atoms with Gasteiger partial charge in [-0.1, -0.05) is 30.3 Å². The topological polar surface area (TPSA) is 55.1 Å². The number of carbonyl (C=O) groups excluding carboxylic acids is 1. The number of oxazole rings is 1. The molecule has 0 atom stereocenters. The molecule has 0 unspecified atom stereocenters. The first kappa shape index (κ1) is 16.4. The Morgan fingerprint density at radius 2 is 1.81 bits per heavy atom. The fraction of sp³-hybridized carbons (Fsp3) is 0.0476. The molecule has 0 saturated carbocycles. The zero-order valence-electron chi connectivity index (χ0n) is 14.1. The highest BCUT2D eigenvalue weighted by Gasteiger charge is 2.12. The predicted octanol–water partition coefficient (Wildman–Crippen LogP) is 5.47. The number of rotatable bonds is 4. The number of nitrogens with zero attached hydrogens (tertiary/aromatic N) is 1. The number of hydrogen-bond acceptors (Lipinski definition) is 4. The van der Waals surface area contributed by atoms with Crippen LogP contribution in [0.5, 0.6) is 0 Å². The van der Waals surface area contributed by atoms with Crippen LogP contribution < -0.4 is 5.32 Å². The lowest BCUT2D eigenvalue weighted by Gasteiger charge is -2.09. The van der Waals surface area contributed by atoms with Crippen molar-refractivity contribution in [3.63, 3.8) is 0 Å². The van der Waals surface area contributed by atoms with Crippen LogP contribution in [-0.2, 0) is 0 Å². The van der Waals surface area contributed by atoms with Crippen molar-refractivity contribution in [1.29, 1.82) is 0 Å². The van der Waals surface area contributed by atoms with Crippen molar-refractivity contribution in [1.82, 2.24) is 4.98 Å². The van der Waals surface area contributed by atoms with Crippen LogP contribution in [0.1, 0.15) is 10.4 Å². The Hall–Kier alpha value is -3.05. The molecule has 3 aromatic carbocycles. The van der Waals surface area contributed by atoms with E-state index in [1.54, 1.807) is 11.8 Å². The van der Waals surface area contributed by atoms with E-state index in [0.717, 1.165) is 21.6 Å². The minimum absolute atomic E-state index is 0.135. The minimum atomic E-state index is -0.135. The number of hydrogen-bond donors (Lipinski definition) is 1. The molecule has 1 N–H and O–H groups in total. The van der Waals surface area contributed by atoms with Crippen LogP contribution in [-0.4, -0.2) is 17.1 Å². The monoisotopic (exact) mass is 360 g/mol. The average molecular weight is 360 g/mol. The lowest BCUT2D eigenvalue weighted by molar-refractivity contribution is 0.102. The number of para-hydroxylation sites is 2. The van der Waals surface area contributed by atoms with E-state index in [1.807, 2.05) is 79.1 Å². The number of aromatic nitrogens is 1. The van der Waals surface area contributed by atoms with Crippen LogP contribution >= 0.6 is 11.8 Å². The Labute approximate surface area is 155 Å². The zero-order valence-corrected chi connectivity index (χ0v) is 14.9. The molecule has 1 amide bonds. The van der Waals surface area contributed by atoms with E-state index < -0.39 is 0 Å². The van der Waals surface area contributed by atoms with Gasteiger partial charge in [-0.25, -0.2) is 4.98 Å². The van der Waals surface area contributed by atoms with E-state index in [2.05, 4.69) is 10.3 Å². The first-order valence-electron chi connectivity index (χ1n) is 8.15. The third kappa shape index (κ3) is 3.21. The van der Waals surface area contributed by atoms with Crippen LogP contribution in [0.2, 0.25) is 0 Å². The largest absolute Gasteiger partial charge is 0.436 e. The molecule has 4 nitrogen and oxygen atoms in total. The average Bonchev–Trinajstić information content (AvgIpc) is 3.12. The summed E-state index contributed by atoms with van der Waals surface area (Å²) < 4.78 is 5.81. The molecule has 0 fully saturated rings. The predicted molar refractivity (Wildman–Crippen MR) is 106 cm³/mol. The van der Waals surface area contributed by atoms with Crippen molar-refractivity contribution < 1.29 is 9.21 Å². The molecule has 128 valence electrons. The second-order valence-corrected chi connectivity index (χ2v) is 6.57. The Balaban J connectivity index is 1.62.